The first-order valence-corrected chi connectivity index (χ1v) is 25.7. The van der Waals surface area contributed by atoms with Crippen LogP contribution in [0.2, 0.25) is 0 Å². The first-order valence-electron chi connectivity index (χ1n) is 10.2. The van der Waals surface area contributed by atoms with E-state index in [9.17, 15) is 27.4 Å². The van der Waals surface area contributed by atoms with Crippen molar-refractivity contribution in [1.82, 2.24) is 4.44 Å². The van der Waals surface area contributed by atoms with Crippen molar-refractivity contribution in [2.45, 2.75) is 37.5 Å². The van der Waals surface area contributed by atoms with Crippen molar-refractivity contribution in [1.29, 1.82) is 0 Å². The highest BCUT2D eigenvalue weighted by Gasteiger charge is 2.43. The van der Waals surface area contributed by atoms with Crippen LogP contribution in [0.1, 0.15) is 27.7 Å². The van der Waals surface area contributed by atoms with Crippen LogP contribution in [-0.4, -0.2) is 101 Å². The van der Waals surface area contributed by atoms with Gasteiger partial charge in [0.2, 0.25) is 0 Å². The molecule has 0 aliphatic heterocycles. The molecule has 0 saturated carbocycles. The smallest absolute Gasteiger partial charge is 0.149 e. The van der Waals surface area contributed by atoms with Crippen molar-refractivity contribution >= 4 is 43.2 Å². The Labute approximate surface area is 199 Å². The molecule has 32 heavy (non-hydrogen) atoms. The van der Waals surface area contributed by atoms with E-state index < -0.39 is 52.9 Å². The number of rotatable bonds is 6. The van der Waals surface area contributed by atoms with Crippen LogP contribution < -0.4 is 0 Å². The SMILES string of the molecule is CC(C)(P(C)(C)=O)P(C)(C)=O.CC(C)(P(C)(C)=O)P(C)(C)=O.CN(P(C)(C)=O)P(C)(C)=O. The van der Waals surface area contributed by atoms with Crippen LogP contribution in [0, 0.1) is 0 Å². The fourth-order valence-electron chi connectivity index (χ4n) is 1.68. The molecule has 0 aromatic rings. The lowest BCUT2D eigenvalue weighted by molar-refractivity contribution is 0.530. The third kappa shape index (κ3) is 11.9. The normalized spacial score (nSPS) is 14.8. The minimum atomic E-state index is -2.31. The Morgan fingerprint density at radius 1 is 0.406 bits per heavy atom. The van der Waals surface area contributed by atoms with Crippen LogP contribution in [0.4, 0.5) is 0 Å². The van der Waals surface area contributed by atoms with E-state index in [4.69, 9.17) is 0 Å². The molecule has 0 aromatic carbocycles. The van der Waals surface area contributed by atoms with E-state index in [0.717, 1.165) is 0 Å². The molecule has 0 fully saturated rings. The summed E-state index contributed by atoms with van der Waals surface area (Å²) in [5.41, 5.74) is 0. The first kappa shape index (κ1) is 37.9. The molecule has 0 unspecified atom stereocenters. The molecule has 0 aliphatic carbocycles. The fourth-order valence-corrected chi connectivity index (χ4v) is 15.1. The lowest BCUT2D eigenvalue weighted by Crippen LogP contribution is -2.18. The summed E-state index contributed by atoms with van der Waals surface area (Å²) >= 11 is 0. The summed E-state index contributed by atoms with van der Waals surface area (Å²) in [7, 11) is -12.0. The van der Waals surface area contributed by atoms with Gasteiger partial charge in [-0.05, 0) is 81.0 Å². The summed E-state index contributed by atoms with van der Waals surface area (Å²) in [6.45, 7) is 27.4. The highest BCUT2D eigenvalue weighted by Crippen LogP contribution is 2.70. The maximum absolute atomic E-state index is 11.7. The summed E-state index contributed by atoms with van der Waals surface area (Å²) < 4.78 is 71.0. The van der Waals surface area contributed by atoms with Crippen molar-refractivity contribution in [3.63, 3.8) is 0 Å². The van der Waals surface area contributed by atoms with Crippen molar-refractivity contribution in [3.05, 3.63) is 0 Å². The third-order valence-corrected chi connectivity index (χ3v) is 28.4. The van der Waals surface area contributed by atoms with Crippen molar-refractivity contribution in [2.75, 3.05) is 87.0 Å². The van der Waals surface area contributed by atoms with Crippen LogP contribution >= 0.6 is 43.2 Å². The molecule has 0 saturated heterocycles. The second kappa shape index (κ2) is 11.6. The van der Waals surface area contributed by atoms with Crippen molar-refractivity contribution in [3.8, 4) is 0 Å². The third-order valence-electron chi connectivity index (χ3n) is 6.67. The zero-order valence-electron chi connectivity index (χ0n) is 23.6. The van der Waals surface area contributed by atoms with Gasteiger partial charge in [-0.25, -0.2) is 4.44 Å². The second-order valence-electron chi connectivity index (χ2n) is 11.5. The number of hydrogen-bond acceptors (Lipinski definition) is 6. The summed E-state index contributed by atoms with van der Waals surface area (Å²) in [5, 5.41) is 0. The molecule has 0 N–H and O–H groups in total. The minimum absolute atomic E-state index is 0.514. The molecule has 0 aliphatic rings. The van der Waals surface area contributed by atoms with Gasteiger partial charge in [-0.1, -0.05) is 0 Å². The summed E-state index contributed by atoms with van der Waals surface area (Å²) in [6.07, 6.45) is 0. The van der Waals surface area contributed by atoms with E-state index in [1.165, 1.54) is 4.44 Å². The Morgan fingerprint density at radius 2 is 0.531 bits per heavy atom. The average Bonchev–Trinajstić information content (AvgIpc) is 2.41. The second-order valence-corrected chi connectivity index (χ2v) is 34.1. The molecule has 0 amide bonds. The van der Waals surface area contributed by atoms with E-state index in [2.05, 4.69) is 0 Å². The highest BCUT2D eigenvalue weighted by atomic mass is 31.2. The largest absolute Gasteiger partial charge is 0.323 e. The minimum Gasteiger partial charge on any atom is -0.323 e. The predicted molar refractivity (Wildman–Crippen MR) is 153 cm³/mol. The Morgan fingerprint density at radius 3 is 0.531 bits per heavy atom. The van der Waals surface area contributed by atoms with Crippen LogP contribution in [-0.2, 0) is 27.4 Å². The van der Waals surface area contributed by atoms with Crippen molar-refractivity contribution in [2.24, 2.45) is 0 Å². The molecule has 0 atom stereocenters. The highest BCUT2D eigenvalue weighted by molar-refractivity contribution is 7.82. The van der Waals surface area contributed by atoms with Crippen LogP contribution in [0.3, 0.4) is 0 Å². The fraction of sp³-hybridized carbons (Fsp3) is 1.00. The molecule has 7 nitrogen and oxygen atoms in total. The topological polar surface area (TPSA) is 106 Å². The van der Waals surface area contributed by atoms with E-state index in [1.807, 2.05) is 27.7 Å². The van der Waals surface area contributed by atoms with Crippen LogP contribution in [0.5, 0.6) is 0 Å². The lowest BCUT2D eigenvalue weighted by Gasteiger charge is -2.33. The first-order chi connectivity index (χ1) is 13.2. The Bertz CT molecular complexity index is 781. The standard InChI is InChI=1S/2C7H18O2P2.C5H15NO2P2/c2*1-7(2,10(3,4)8)11(5,6)9;1-6(9(2,3)7)10(4,5)8/h2*1-6H3;1-5H3. The van der Waals surface area contributed by atoms with Gasteiger partial charge in [0.25, 0.3) is 0 Å². The van der Waals surface area contributed by atoms with Crippen LogP contribution in [0.15, 0.2) is 0 Å². The summed E-state index contributed by atoms with van der Waals surface area (Å²) in [6, 6.07) is 0. The van der Waals surface area contributed by atoms with Gasteiger partial charge in [0.05, 0.1) is 38.4 Å². The van der Waals surface area contributed by atoms with Gasteiger partial charge < -0.3 is 27.4 Å². The van der Waals surface area contributed by atoms with Gasteiger partial charge in [0.1, 0.15) is 14.6 Å². The summed E-state index contributed by atoms with van der Waals surface area (Å²) in [5.74, 6) is 0. The number of hydrogen-bond donors (Lipinski definition) is 0. The number of nitrogens with zero attached hydrogens (tertiary/aromatic N) is 1. The molecule has 0 spiro atoms. The van der Waals surface area contributed by atoms with Gasteiger partial charge in [-0.3, -0.25) is 0 Å². The Hall–Kier alpha value is 1.34. The van der Waals surface area contributed by atoms with E-state index >= 15 is 0 Å². The van der Waals surface area contributed by atoms with E-state index in [0.29, 0.717) is 0 Å². The van der Waals surface area contributed by atoms with Gasteiger partial charge in [-0.2, -0.15) is 0 Å². The molecular weight excluding hydrogens is 524 g/mol. The lowest BCUT2D eigenvalue weighted by atomic mass is 10.5. The monoisotopic (exact) mass is 575 g/mol. The van der Waals surface area contributed by atoms with Gasteiger partial charge >= 0.3 is 0 Å². The molecule has 0 radical (unpaired) electrons. The molecule has 13 heteroatoms. The predicted octanol–water partition coefficient (Wildman–Crippen LogP) is 7.93. The molecule has 0 aromatic heterocycles. The molecule has 0 rings (SSSR count). The van der Waals surface area contributed by atoms with Gasteiger partial charge in [-0.15, -0.1) is 0 Å². The molecule has 198 valence electrons. The average molecular weight is 575 g/mol. The maximum atomic E-state index is 11.7. The zero-order chi connectivity index (χ0) is 27.6. The van der Waals surface area contributed by atoms with Gasteiger partial charge in [0, 0.05) is 33.7 Å². The van der Waals surface area contributed by atoms with Crippen LogP contribution in [0.25, 0.3) is 0 Å². The van der Waals surface area contributed by atoms with E-state index in [1.54, 1.807) is 87.0 Å². The summed E-state index contributed by atoms with van der Waals surface area (Å²) in [4.78, 5) is -1.03. The maximum Gasteiger partial charge on any atom is 0.149 e. The molecule has 0 bridgehead atoms. The van der Waals surface area contributed by atoms with Gasteiger partial charge in [0.15, 0.2) is 0 Å². The molecular formula is C19H51NO6P6. The Kier molecular flexibility index (Phi) is 13.7. The Balaban J connectivity index is -0.000000395. The quantitative estimate of drug-likeness (QED) is 0.296. The zero-order valence-corrected chi connectivity index (χ0v) is 28.9. The molecule has 0 heterocycles. The van der Waals surface area contributed by atoms with Crippen molar-refractivity contribution < 1.29 is 27.4 Å². The van der Waals surface area contributed by atoms with E-state index in [-0.39, 0.29) is 0 Å².